The van der Waals surface area contributed by atoms with Crippen LogP contribution in [0.4, 0.5) is 9.93 Å². The highest BCUT2D eigenvalue weighted by Crippen LogP contribution is 2.37. The molecule has 0 spiro atoms. The van der Waals surface area contributed by atoms with Crippen molar-refractivity contribution in [2.24, 2.45) is 5.16 Å². The van der Waals surface area contributed by atoms with Crippen LogP contribution in [0.25, 0.3) is 0 Å². The lowest BCUT2D eigenvalue weighted by Crippen LogP contribution is -2.75. The smallest absolute Gasteiger partial charge is 0.413 e. The second-order valence-electron chi connectivity index (χ2n) is 9.63. The van der Waals surface area contributed by atoms with E-state index in [1.807, 2.05) is 0 Å². The molecule has 21 heteroatoms. The molecular formula is C21H25B2Cl2N5O10S2. The number of carbonyl (C=O) groups excluding carboxylic acids is 5. The van der Waals surface area contributed by atoms with Crippen LogP contribution in [-0.4, -0.2) is 101 Å². The number of ether oxygens (including phenoxy) is 1. The molecule has 0 bridgehead atoms. The van der Waals surface area contributed by atoms with Gasteiger partial charge in [0.1, 0.15) is 27.1 Å². The zero-order valence-electron chi connectivity index (χ0n) is 23.1. The SMILES string of the molecule is BOC(=O)C1=C(CCl)C[S+]([O-])[C@@H]2[C@H](NC(=O)/C(=N\O[C@@H](C)C(=O)OB)c3nc(NC(=O)OC(C)(C)C)sc3Cl)C(=O)N12. The average Bonchev–Trinajstić information content (AvgIpc) is 3.27. The van der Waals surface area contributed by atoms with E-state index in [0.717, 1.165) is 32.3 Å². The van der Waals surface area contributed by atoms with Crippen LogP contribution in [-0.2, 0) is 49.2 Å². The topological polar surface area (TPSA) is 198 Å². The molecule has 2 N–H and O–H groups in total. The molecule has 2 aliphatic rings. The summed E-state index contributed by atoms with van der Waals surface area (Å²) in [6, 6.07) is -1.35. The predicted octanol–water partition coefficient (Wildman–Crippen LogP) is -0.656. The Labute approximate surface area is 258 Å². The van der Waals surface area contributed by atoms with Crippen LogP contribution in [0.5, 0.6) is 0 Å². The first-order chi connectivity index (χ1) is 19.6. The Morgan fingerprint density at radius 2 is 1.95 bits per heavy atom. The highest BCUT2D eigenvalue weighted by molar-refractivity contribution is 7.92. The van der Waals surface area contributed by atoms with Crippen molar-refractivity contribution >= 4 is 103 Å². The zero-order chi connectivity index (χ0) is 31.5. The van der Waals surface area contributed by atoms with Gasteiger partial charge in [-0.25, -0.2) is 19.4 Å². The van der Waals surface area contributed by atoms with Crippen LogP contribution in [0.3, 0.4) is 0 Å². The van der Waals surface area contributed by atoms with Gasteiger partial charge in [-0.3, -0.25) is 19.8 Å². The Balaban J connectivity index is 1.91. The maximum absolute atomic E-state index is 13.5. The van der Waals surface area contributed by atoms with Crippen LogP contribution in [0.15, 0.2) is 16.4 Å². The van der Waals surface area contributed by atoms with Crippen molar-refractivity contribution in [3.8, 4) is 0 Å². The Morgan fingerprint density at radius 1 is 1.29 bits per heavy atom. The Hall–Kier alpha value is -2.99. The summed E-state index contributed by atoms with van der Waals surface area (Å²) in [6.07, 6.45) is -2.10. The van der Waals surface area contributed by atoms with E-state index in [1.165, 1.54) is 6.92 Å². The summed E-state index contributed by atoms with van der Waals surface area (Å²) in [5, 5.41) is 7.36. The molecule has 3 heterocycles. The molecule has 1 saturated heterocycles. The van der Waals surface area contributed by atoms with Crippen LogP contribution < -0.4 is 10.6 Å². The summed E-state index contributed by atoms with van der Waals surface area (Å²) in [6.45, 7) is 6.27. The van der Waals surface area contributed by atoms with E-state index in [-0.39, 0.29) is 38.1 Å². The fraction of sp³-hybridized carbons (Fsp3) is 0.476. The minimum absolute atomic E-state index is 0.0634. The molecular weight excluding hydrogens is 639 g/mol. The minimum Gasteiger partial charge on any atom is -0.614 e. The van der Waals surface area contributed by atoms with Gasteiger partial charge in [0.15, 0.2) is 16.9 Å². The Bertz CT molecular complexity index is 1350. The standard InChI is InChI=1S/C21H25B2Cl2N5O10S2/c1-7(17(33)38-22)40-29-10(9-13(25)41-19(27-9)28-20(35)37-21(2,3)4)14(31)26-11-15(32)30-12(18(34)39-23)8(5-24)6-42(36)16(11)30/h7,11,16H,5-6,22-23H2,1-4H3,(H,26,31)(H,27,28,35)/b29-10-/t7-,11+,16+,42?/m0/s1. The maximum atomic E-state index is 13.5. The third kappa shape index (κ3) is 7.31. The van der Waals surface area contributed by atoms with E-state index in [9.17, 15) is 28.5 Å². The number of nitrogens with zero attached hydrogens (tertiary/aromatic N) is 3. The van der Waals surface area contributed by atoms with Crippen molar-refractivity contribution in [3.63, 3.8) is 0 Å². The van der Waals surface area contributed by atoms with Crippen LogP contribution in [0, 0.1) is 0 Å². The molecule has 4 atom stereocenters. The van der Waals surface area contributed by atoms with E-state index in [0.29, 0.717) is 0 Å². The zero-order valence-corrected chi connectivity index (χ0v) is 26.3. The number of nitrogens with one attached hydrogen (secondary N) is 2. The first-order valence-corrected chi connectivity index (χ1v) is 15.1. The predicted molar refractivity (Wildman–Crippen MR) is 157 cm³/mol. The van der Waals surface area contributed by atoms with E-state index < -0.39 is 69.9 Å². The van der Waals surface area contributed by atoms with Gasteiger partial charge in [0.05, 0.1) is 5.88 Å². The van der Waals surface area contributed by atoms with Crippen molar-refractivity contribution in [1.82, 2.24) is 15.2 Å². The Kier molecular flexibility index (Phi) is 10.8. The quantitative estimate of drug-likeness (QED) is 0.0850. The number of aromatic nitrogens is 1. The normalized spacial score (nSPS) is 21.0. The summed E-state index contributed by atoms with van der Waals surface area (Å²) in [4.78, 5) is 73.1. The number of fused-ring (bicyclic) bond motifs is 1. The molecule has 1 unspecified atom stereocenters. The molecule has 42 heavy (non-hydrogen) atoms. The third-order valence-electron chi connectivity index (χ3n) is 5.50. The Morgan fingerprint density at radius 3 is 2.52 bits per heavy atom. The molecule has 0 radical (unpaired) electrons. The highest BCUT2D eigenvalue weighted by Gasteiger charge is 2.61. The van der Waals surface area contributed by atoms with Gasteiger partial charge >= 0.3 is 34.1 Å². The van der Waals surface area contributed by atoms with E-state index in [4.69, 9.17) is 37.4 Å². The summed E-state index contributed by atoms with van der Waals surface area (Å²) in [5.41, 5.74) is -1.55. The van der Waals surface area contributed by atoms with Crippen LogP contribution >= 0.6 is 34.5 Å². The number of anilines is 1. The summed E-state index contributed by atoms with van der Waals surface area (Å²) >= 11 is 11.2. The molecule has 0 saturated carbocycles. The lowest BCUT2D eigenvalue weighted by atomic mass is 10.0. The molecule has 1 aromatic rings. The minimum atomic E-state index is -1.75. The third-order valence-corrected chi connectivity index (χ3v) is 8.65. The van der Waals surface area contributed by atoms with Gasteiger partial charge < -0.3 is 28.8 Å². The van der Waals surface area contributed by atoms with Gasteiger partial charge in [0.25, 0.3) is 11.8 Å². The summed E-state index contributed by atoms with van der Waals surface area (Å²) in [7, 11) is 2.24. The van der Waals surface area contributed by atoms with E-state index >= 15 is 0 Å². The summed E-state index contributed by atoms with van der Waals surface area (Å²) in [5.74, 6) is -3.77. The molecule has 15 nitrogen and oxygen atoms in total. The van der Waals surface area contributed by atoms with Gasteiger partial charge in [-0.15, -0.1) is 11.6 Å². The fourth-order valence-electron chi connectivity index (χ4n) is 3.68. The number of alkyl halides is 1. The fourth-order valence-corrected chi connectivity index (χ4v) is 6.73. The van der Waals surface area contributed by atoms with Gasteiger partial charge in [0, 0.05) is 5.57 Å². The first-order valence-electron chi connectivity index (χ1n) is 12.0. The first kappa shape index (κ1) is 33.5. The molecule has 3 amide bonds. The second kappa shape index (κ2) is 13.5. The largest absolute Gasteiger partial charge is 0.614 e. The van der Waals surface area contributed by atoms with Gasteiger partial charge in [-0.1, -0.05) is 28.1 Å². The number of thiazole rings is 1. The lowest BCUT2D eigenvalue weighted by Gasteiger charge is -2.49. The second-order valence-corrected chi connectivity index (χ2v) is 13.0. The van der Waals surface area contributed by atoms with Crippen LogP contribution in [0.1, 0.15) is 33.4 Å². The van der Waals surface area contributed by atoms with Crippen molar-refractivity contribution in [1.29, 1.82) is 0 Å². The number of oxime groups is 1. The maximum Gasteiger partial charge on any atom is 0.413 e. The van der Waals surface area contributed by atoms with Gasteiger partial charge in [-0.2, -0.15) is 0 Å². The molecule has 0 aromatic carbocycles. The van der Waals surface area contributed by atoms with Crippen molar-refractivity contribution in [2.75, 3.05) is 16.9 Å². The number of halogens is 2. The number of β-lactam (4-membered cyclic amide) rings is 1. The molecule has 2 aliphatic heterocycles. The van der Waals surface area contributed by atoms with Crippen molar-refractivity contribution in [2.45, 2.75) is 50.8 Å². The highest BCUT2D eigenvalue weighted by atomic mass is 35.5. The lowest BCUT2D eigenvalue weighted by molar-refractivity contribution is -0.149. The molecule has 1 fully saturated rings. The molecule has 3 rings (SSSR count). The van der Waals surface area contributed by atoms with Gasteiger partial charge in [-0.05, 0) is 38.9 Å². The van der Waals surface area contributed by atoms with Crippen molar-refractivity contribution in [3.05, 3.63) is 21.3 Å². The molecule has 226 valence electrons. The molecule has 1 aromatic heterocycles. The van der Waals surface area contributed by atoms with E-state index in [1.54, 1.807) is 20.8 Å². The van der Waals surface area contributed by atoms with Gasteiger partial charge in [0.2, 0.25) is 11.5 Å². The number of hydrogen-bond acceptors (Lipinski definition) is 13. The molecule has 0 aliphatic carbocycles. The monoisotopic (exact) mass is 663 g/mol. The van der Waals surface area contributed by atoms with E-state index in [2.05, 4.69) is 25.4 Å². The number of hydrogen-bond donors (Lipinski definition) is 2. The number of rotatable bonds is 9. The average molecular weight is 664 g/mol. The summed E-state index contributed by atoms with van der Waals surface area (Å²) < 4.78 is 27.4. The number of carbonyl (C=O) groups is 5. The van der Waals surface area contributed by atoms with Crippen LogP contribution in [0.2, 0.25) is 4.34 Å². The number of amides is 3. The van der Waals surface area contributed by atoms with Crippen molar-refractivity contribution < 1.29 is 47.4 Å².